The van der Waals surface area contributed by atoms with Gasteiger partial charge in [0.15, 0.2) is 0 Å². The van der Waals surface area contributed by atoms with E-state index in [1.807, 2.05) is 12.1 Å². The fraction of sp³-hybridized carbons (Fsp3) is 0.357. The molecule has 0 spiro atoms. The van der Waals surface area contributed by atoms with Gasteiger partial charge in [-0.05, 0) is 29.3 Å². The number of benzene rings is 1. The molecule has 1 aromatic heterocycles. The molecule has 0 atom stereocenters. The predicted molar refractivity (Wildman–Crippen MR) is 71.8 cm³/mol. The Balaban J connectivity index is 1.53. The van der Waals surface area contributed by atoms with Crippen LogP contribution >= 0.6 is 0 Å². The second-order valence-corrected chi connectivity index (χ2v) is 4.70. The highest BCUT2D eigenvalue weighted by Crippen LogP contribution is 2.23. The van der Waals surface area contributed by atoms with Gasteiger partial charge in [-0.15, -0.1) is 0 Å². The van der Waals surface area contributed by atoms with Gasteiger partial charge in [-0.1, -0.05) is 17.3 Å². The van der Waals surface area contributed by atoms with E-state index >= 15 is 0 Å². The third-order valence-corrected chi connectivity index (χ3v) is 3.26. The van der Waals surface area contributed by atoms with Gasteiger partial charge in [0, 0.05) is 5.56 Å². The van der Waals surface area contributed by atoms with Crippen molar-refractivity contribution in [1.82, 2.24) is 15.6 Å². The molecule has 110 valence electrons. The van der Waals surface area contributed by atoms with Crippen LogP contribution in [0.5, 0.6) is 5.88 Å². The van der Waals surface area contributed by atoms with Gasteiger partial charge in [-0.3, -0.25) is 4.79 Å². The number of carbonyl (C=O) groups is 1. The Kier molecular flexibility index (Phi) is 3.83. The molecule has 2 heterocycles. The molecule has 3 rings (SSSR count). The van der Waals surface area contributed by atoms with Crippen molar-refractivity contribution in [3.8, 4) is 5.88 Å². The van der Waals surface area contributed by atoms with Gasteiger partial charge in [-0.25, -0.2) is 4.63 Å². The fourth-order valence-corrected chi connectivity index (χ4v) is 2.18. The summed E-state index contributed by atoms with van der Waals surface area (Å²) in [6.07, 6.45) is 0. The average molecular weight is 289 g/mol. The van der Waals surface area contributed by atoms with Gasteiger partial charge in [0.1, 0.15) is 12.3 Å². The third kappa shape index (κ3) is 2.87. The first-order valence-corrected chi connectivity index (χ1v) is 6.64. The predicted octanol–water partition coefficient (Wildman–Crippen LogP) is 1.22. The van der Waals surface area contributed by atoms with Crippen LogP contribution in [-0.4, -0.2) is 29.4 Å². The molecule has 0 unspecified atom stereocenters. The number of ether oxygens (including phenoxy) is 2. The number of hydrogen-bond acceptors (Lipinski definition) is 6. The maximum atomic E-state index is 12.2. The molecule has 1 amide bonds. The van der Waals surface area contributed by atoms with Gasteiger partial charge in [0.25, 0.3) is 11.8 Å². The minimum Gasteiger partial charge on any atom is -0.472 e. The highest BCUT2D eigenvalue weighted by atomic mass is 16.6. The van der Waals surface area contributed by atoms with E-state index in [2.05, 4.69) is 20.3 Å². The number of carbonyl (C=O) groups excluding carboxylic acids is 1. The summed E-state index contributed by atoms with van der Waals surface area (Å²) < 4.78 is 15.2. The van der Waals surface area contributed by atoms with Gasteiger partial charge in [0.05, 0.1) is 19.8 Å². The lowest BCUT2D eigenvalue weighted by atomic mass is 10.0. The molecule has 0 radical (unpaired) electrons. The van der Waals surface area contributed by atoms with Crippen LogP contribution in [0, 0.1) is 6.92 Å². The number of aryl methyl sites for hydroxylation is 1. The molecule has 1 N–H and O–H groups in total. The summed E-state index contributed by atoms with van der Waals surface area (Å²) in [5.74, 6) is 0.217. The zero-order valence-electron chi connectivity index (χ0n) is 11.6. The Bertz CT molecular complexity index is 653. The number of amides is 1. The second kappa shape index (κ2) is 5.92. The molecular formula is C14H15N3O4. The maximum absolute atomic E-state index is 12.2. The van der Waals surface area contributed by atoms with Gasteiger partial charge in [-0.2, -0.15) is 0 Å². The van der Waals surface area contributed by atoms with Crippen LogP contribution < -0.4 is 10.1 Å². The van der Waals surface area contributed by atoms with E-state index in [4.69, 9.17) is 9.47 Å². The van der Waals surface area contributed by atoms with E-state index in [1.54, 1.807) is 13.0 Å². The molecule has 0 aliphatic carbocycles. The fourth-order valence-electron chi connectivity index (χ4n) is 2.18. The van der Waals surface area contributed by atoms with Crippen molar-refractivity contribution in [3.05, 3.63) is 40.6 Å². The highest BCUT2D eigenvalue weighted by Gasteiger charge is 2.18. The lowest BCUT2D eigenvalue weighted by Gasteiger charge is -2.08. The standard InChI is InChI=1S/C14H15N3O4/c1-9-14(17-21-16-9)20-6-5-15-13(18)11-4-2-3-10-7-19-8-12(10)11/h2-4H,5-8H2,1H3,(H,15,18). The Hall–Kier alpha value is -2.41. The molecular weight excluding hydrogens is 274 g/mol. The first-order valence-electron chi connectivity index (χ1n) is 6.64. The monoisotopic (exact) mass is 289 g/mol. The average Bonchev–Trinajstić information content (AvgIpc) is 3.11. The Morgan fingerprint density at radius 2 is 2.29 bits per heavy atom. The number of rotatable bonds is 5. The number of fused-ring (bicyclic) bond motifs is 1. The number of hydrogen-bond donors (Lipinski definition) is 1. The van der Waals surface area contributed by atoms with Crippen LogP contribution in [0.2, 0.25) is 0 Å². The van der Waals surface area contributed by atoms with Crippen molar-refractivity contribution in [2.75, 3.05) is 13.2 Å². The summed E-state index contributed by atoms with van der Waals surface area (Å²) in [6, 6.07) is 5.64. The molecule has 7 nitrogen and oxygen atoms in total. The second-order valence-electron chi connectivity index (χ2n) is 4.70. The molecule has 0 saturated heterocycles. The topological polar surface area (TPSA) is 86.5 Å². The van der Waals surface area contributed by atoms with Crippen molar-refractivity contribution in [2.45, 2.75) is 20.1 Å². The first kappa shape index (κ1) is 13.6. The molecule has 21 heavy (non-hydrogen) atoms. The minimum atomic E-state index is -0.129. The van der Waals surface area contributed by atoms with Crippen molar-refractivity contribution < 1.29 is 18.9 Å². The lowest BCUT2D eigenvalue weighted by Crippen LogP contribution is -2.29. The zero-order chi connectivity index (χ0) is 14.7. The molecule has 0 saturated carbocycles. The molecule has 7 heteroatoms. The molecule has 0 fully saturated rings. The highest BCUT2D eigenvalue weighted by molar-refractivity contribution is 5.96. The largest absolute Gasteiger partial charge is 0.472 e. The Morgan fingerprint density at radius 1 is 1.38 bits per heavy atom. The Morgan fingerprint density at radius 3 is 3.10 bits per heavy atom. The lowest BCUT2D eigenvalue weighted by molar-refractivity contribution is 0.0941. The normalized spacial score (nSPS) is 13.0. The van der Waals surface area contributed by atoms with Crippen LogP contribution in [0.1, 0.15) is 27.2 Å². The summed E-state index contributed by atoms with van der Waals surface area (Å²) >= 11 is 0. The van der Waals surface area contributed by atoms with Crippen molar-refractivity contribution in [3.63, 3.8) is 0 Å². The van der Waals surface area contributed by atoms with Crippen LogP contribution in [0.3, 0.4) is 0 Å². The summed E-state index contributed by atoms with van der Waals surface area (Å²) in [7, 11) is 0. The minimum absolute atomic E-state index is 0.129. The van der Waals surface area contributed by atoms with Crippen molar-refractivity contribution >= 4 is 5.91 Å². The van der Waals surface area contributed by atoms with E-state index in [0.29, 0.717) is 43.5 Å². The van der Waals surface area contributed by atoms with Crippen LogP contribution in [0.4, 0.5) is 0 Å². The van der Waals surface area contributed by atoms with Gasteiger partial charge < -0.3 is 14.8 Å². The molecule has 2 aromatic rings. The number of nitrogens with zero attached hydrogens (tertiary/aromatic N) is 2. The maximum Gasteiger partial charge on any atom is 0.278 e. The summed E-state index contributed by atoms with van der Waals surface area (Å²) in [5, 5.41) is 10.0. The summed E-state index contributed by atoms with van der Waals surface area (Å²) in [6.45, 7) is 3.46. The van der Waals surface area contributed by atoms with Gasteiger partial charge in [0.2, 0.25) is 0 Å². The first-order chi connectivity index (χ1) is 10.3. The SMILES string of the molecule is Cc1nonc1OCCNC(=O)c1cccc2c1COC2. The zero-order valence-corrected chi connectivity index (χ0v) is 11.6. The van der Waals surface area contributed by atoms with Crippen LogP contribution in [0.15, 0.2) is 22.8 Å². The van der Waals surface area contributed by atoms with E-state index in [-0.39, 0.29) is 5.91 Å². The van der Waals surface area contributed by atoms with Crippen molar-refractivity contribution in [2.24, 2.45) is 0 Å². The van der Waals surface area contributed by atoms with E-state index in [1.165, 1.54) is 0 Å². The van der Waals surface area contributed by atoms with E-state index in [9.17, 15) is 4.79 Å². The molecule has 1 aliphatic rings. The smallest absolute Gasteiger partial charge is 0.278 e. The van der Waals surface area contributed by atoms with E-state index < -0.39 is 0 Å². The van der Waals surface area contributed by atoms with Crippen LogP contribution in [0.25, 0.3) is 0 Å². The Labute approximate surface area is 121 Å². The van der Waals surface area contributed by atoms with Crippen LogP contribution in [-0.2, 0) is 18.0 Å². The molecule has 1 aromatic carbocycles. The number of aromatic nitrogens is 2. The summed E-state index contributed by atoms with van der Waals surface area (Å²) in [4.78, 5) is 12.2. The quantitative estimate of drug-likeness (QED) is 0.833. The van der Waals surface area contributed by atoms with Crippen molar-refractivity contribution in [1.29, 1.82) is 0 Å². The third-order valence-electron chi connectivity index (χ3n) is 3.26. The van der Waals surface area contributed by atoms with E-state index in [0.717, 1.165) is 11.1 Å². The van der Waals surface area contributed by atoms with Gasteiger partial charge >= 0.3 is 0 Å². The summed E-state index contributed by atoms with van der Waals surface area (Å²) in [5.41, 5.74) is 3.28. The number of nitrogens with one attached hydrogen (secondary N) is 1. The molecule has 1 aliphatic heterocycles. The molecule has 0 bridgehead atoms.